The zero-order valence-corrected chi connectivity index (χ0v) is 19.2. The van der Waals surface area contributed by atoms with Gasteiger partial charge in [-0.15, -0.1) is 0 Å². The fourth-order valence-electron chi connectivity index (χ4n) is 3.17. The third-order valence-corrected chi connectivity index (χ3v) is 7.17. The Balaban J connectivity index is 2.46. The second-order valence-corrected chi connectivity index (χ2v) is 10.1. The van der Waals surface area contributed by atoms with Crippen molar-refractivity contribution >= 4 is 44.8 Å². The Morgan fingerprint density at radius 3 is 2.10 bits per heavy atom. The van der Waals surface area contributed by atoms with Crippen LogP contribution in [0.5, 0.6) is 0 Å². The van der Waals surface area contributed by atoms with Crippen molar-refractivity contribution in [3.63, 3.8) is 0 Å². The highest BCUT2D eigenvalue weighted by Crippen LogP contribution is 2.35. The fourth-order valence-corrected chi connectivity index (χ4v) is 5.07. The van der Waals surface area contributed by atoms with Crippen molar-refractivity contribution in [2.24, 2.45) is 11.8 Å². The van der Waals surface area contributed by atoms with Crippen molar-refractivity contribution in [1.82, 2.24) is 5.32 Å². The van der Waals surface area contributed by atoms with Crippen molar-refractivity contribution in [2.75, 3.05) is 10.8 Å². The van der Waals surface area contributed by atoms with Crippen LogP contribution in [-0.4, -0.2) is 26.9 Å². The first-order valence-electron chi connectivity index (χ1n) is 9.36. The number of nitrogens with zero attached hydrogens (tertiary/aromatic N) is 1. The summed E-state index contributed by atoms with van der Waals surface area (Å²) in [6.45, 7) is 7.64. The van der Waals surface area contributed by atoms with Crippen molar-refractivity contribution < 1.29 is 13.2 Å². The zero-order valence-electron chi connectivity index (χ0n) is 16.9. The van der Waals surface area contributed by atoms with E-state index >= 15 is 0 Å². The van der Waals surface area contributed by atoms with Gasteiger partial charge in [0.15, 0.2) is 0 Å². The molecular formula is C21H26Cl2N2O3S. The Labute approximate surface area is 183 Å². The Bertz CT molecular complexity index is 940. The van der Waals surface area contributed by atoms with Gasteiger partial charge >= 0.3 is 0 Å². The number of rotatable bonds is 8. The Hall–Kier alpha value is -1.76. The van der Waals surface area contributed by atoms with E-state index in [0.717, 1.165) is 4.31 Å². The second-order valence-electron chi connectivity index (χ2n) is 7.48. The summed E-state index contributed by atoms with van der Waals surface area (Å²) in [7, 11) is -4.04. The molecule has 0 unspecified atom stereocenters. The number of anilines is 1. The lowest BCUT2D eigenvalue weighted by atomic mass is 9.93. The van der Waals surface area contributed by atoms with Gasteiger partial charge in [0.25, 0.3) is 10.0 Å². The summed E-state index contributed by atoms with van der Waals surface area (Å²) in [6.07, 6.45) is 0. The second kappa shape index (κ2) is 9.83. The van der Waals surface area contributed by atoms with E-state index < -0.39 is 22.5 Å². The maximum Gasteiger partial charge on any atom is 0.264 e. The van der Waals surface area contributed by atoms with E-state index in [-0.39, 0.29) is 38.5 Å². The molecule has 8 heteroatoms. The van der Waals surface area contributed by atoms with Crippen molar-refractivity contribution in [3.05, 3.63) is 58.6 Å². The number of nitrogens with one attached hydrogen (secondary N) is 1. The SMILES string of the molecule is CC(C)C(NC(=O)CN(c1cccc(Cl)c1Cl)S(=O)(=O)c1ccccc1)C(C)C. The van der Waals surface area contributed by atoms with E-state index in [9.17, 15) is 13.2 Å². The van der Waals surface area contributed by atoms with Gasteiger partial charge in [0, 0.05) is 6.04 Å². The third-order valence-electron chi connectivity index (χ3n) is 4.58. The minimum Gasteiger partial charge on any atom is -0.351 e. The first-order valence-corrected chi connectivity index (χ1v) is 11.6. The molecule has 1 amide bonds. The molecule has 0 aromatic heterocycles. The van der Waals surface area contributed by atoms with Crippen LogP contribution >= 0.6 is 23.2 Å². The van der Waals surface area contributed by atoms with Gasteiger partial charge in [-0.2, -0.15) is 0 Å². The number of benzene rings is 2. The third kappa shape index (κ3) is 5.65. The summed E-state index contributed by atoms with van der Waals surface area (Å²) in [5.41, 5.74) is 0.156. The Kier molecular flexibility index (Phi) is 7.97. The number of hydrogen-bond donors (Lipinski definition) is 1. The van der Waals surface area contributed by atoms with Crippen LogP contribution in [0.15, 0.2) is 53.4 Å². The van der Waals surface area contributed by atoms with Crippen molar-refractivity contribution in [3.8, 4) is 0 Å². The standard InChI is InChI=1S/C21H26Cl2N2O3S/c1-14(2)21(15(3)4)24-19(26)13-25(18-12-8-11-17(22)20(18)23)29(27,28)16-9-6-5-7-10-16/h5-12,14-15,21H,13H2,1-4H3,(H,24,26). The van der Waals surface area contributed by atoms with Crippen LogP contribution in [0, 0.1) is 11.8 Å². The van der Waals surface area contributed by atoms with E-state index in [1.165, 1.54) is 18.2 Å². The molecule has 29 heavy (non-hydrogen) atoms. The van der Waals surface area contributed by atoms with Crippen molar-refractivity contribution in [2.45, 2.75) is 38.6 Å². The molecule has 0 fully saturated rings. The van der Waals surface area contributed by atoms with Gasteiger partial charge in [0.05, 0.1) is 20.6 Å². The van der Waals surface area contributed by atoms with E-state index in [1.54, 1.807) is 30.3 Å². The highest BCUT2D eigenvalue weighted by Gasteiger charge is 2.30. The van der Waals surface area contributed by atoms with E-state index in [1.807, 2.05) is 27.7 Å². The molecule has 2 rings (SSSR count). The van der Waals surface area contributed by atoms with Gasteiger partial charge in [-0.25, -0.2) is 8.42 Å². The molecule has 0 aliphatic carbocycles. The molecule has 0 saturated carbocycles. The van der Waals surface area contributed by atoms with Crippen LogP contribution in [0.3, 0.4) is 0 Å². The largest absolute Gasteiger partial charge is 0.351 e. The van der Waals surface area contributed by atoms with Crippen LogP contribution in [0.1, 0.15) is 27.7 Å². The van der Waals surface area contributed by atoms with Gasteiger partial charge in [-0.3, -0.25) is 9.10 Å². The molecule has 0 radical (unpaired) electrons. The Morgan fingerprint density at radius 2 is 1.55 bits per heavy atom. The van der Waals surface area contributed by atoms with Crippen LogP contribution in [0.4, 0.5) is 5.69 Å². The molecule has 0 atom stereocenters. The zero-order chi connectivity index (χ0) is 21.8. The molecule has 158 valence electrons. The summed E-state index contributed by atoms with van der Waals surface area (Å²) in [5.74, 6) is -0.00581. The van der Waals surface area contributed by atoms with Crippen LogP contribution in [0.25, 0.3) is 0 Å². The predicted molar refractivity (Wildman–Crippen MR) is 119 cm³/mol. The quantitative estimate of drug-likeness (QED) is 0.608. The highest BCUT2D eigenvalue weighted by atomic mass is 35.5. The lowest BCUT2D eigenvalue weighted by Gasteiger charge is -2.29. The normalized spacial score (nSPS) is 11.9. The Morgan fingerprint density at radius 1 is 0.966 bits per heavy atom. The van der Waals surface area contributed by atoms with Crippen LogP contribution in [-0.2, 0) is 14.8 Å². The van der Waals surface area contributed by atoms with Gasteiger partial charge in [-0.1, -0.05) is 75.2 Å². The minimum absolute atomic E-state index is 0.0631. The molecule has 0 heterocycles. The number of halogens is 2. The summed E-state index contributed by atoms with van der Waals surface area (Å²) in [5, 5.41) is 3.24. The summed E-state index contributed by atoms with van der Waals surface area (Å²) in [4.78, 5) is 12.9. The van der Waals surface area contributed by atoms with Crippen LogP contribution < -0.4 is 9.62 Å². The minimum atomic E-state index is -4.04. The average Bonchev–Trinajstić information content (AvgIpc) is 2.66. The van der Waals surface area contributed by atoms with E-state index in [4.69, 9.17) is 23.2 Å². The van der Waals surface area contributed by atoms with Gasteiger partial charge < -0.3 is 5.32 Å². The molecule has 1 N–H and O–H groups in total. The first-order chi connectivity index (χ1) is 13.6. The van der Waals surface area contributed by atoms with Crippen LogP contribution in [0.2, 0.25) is 10.0 Å². The monoisotopic (exact) mass is 456 g/mol. The number of sulfonamides is 1. The molecule has 2 aromatic rings. The summed E-state index contributed by atoms with van der Waals surface area (Å²) < 4.78 is 27.7. The summed E-state index contributed by atoms with van der Waals surface area (Å²) in [6, 6.07) is 12.5. The van der Waals surface area contributed by atoms with Gasteiger partial charge in [0.2, 0.25) is 5.91 Å². The topological polar surface area (TPSA) is 66.5 Å². The van der Waals surface area contributed by atoms with Gasteiger partial charge in [0.1, 0.15) is 6.54 Å². The van der Waals surface area contributed by atoms with Crippen molar-refractivity contribution in [1.29, 1.82) is 0 Å². The maximum atomic E-state index is 13.3. The predicted octanol–water partition coefficient (Wildman–Crippen LogP) is 4.99. The number of hydrogen-bond acceptors (Lipinski definition) is 3. The fraction of sp³-hybridized carbons (Fsp3) is 0.381. The molecule has 0 aliphatic heterocycles. The molecule has 2 aromatic carbocycles. The van der Waals surface area contributed by atoms with E-state index in [0.29, 0.717) is 0 Å². The number of carbonyl (C=O) groups is 1. The lowest BCUT2D eigenvalue weighted by Crippen LogP contribution is -2.48. The highest BCUT2D eigenvalue weighted by molar-refractivity contribution is 7.92. The molecule has 0 bridgehead atoms. The lowest BCUT2D eigenvalue weighted by molar-refractivity contribution is -0.121. The molecular weight excluding hydrogens is 431 g/mol. The number of carbonyl (C=O) groups excluding carboxylic acids is 1. The molecule has 0 saturated heterocycles. The molecule has 5 nitrogen and oxygen atoms in total. The smallest absolute Gasteiger partial charge is 0.264 e. The molecule has 0 aliphatic rings. The average molecular weight is 457 g/mol. The van der Waals surface area contributed by atoms with Gasteiger partial charge in [-0.05, 0) is 36.1 Å². The molecule has 0 spiro atoms. The number of amides is 1. The van der Waals surface area contributed by atoms with E-state index in [2.05, 4.69) is 5.32 Å². The first kappa shape index (κ1) is 23.5. The maximum absolute atomic E-state index is 13.3. The summed E-state index contributed by atoms with van der Waals surface area (Å²) >= 11 is 12.4.